The van der Waals surface area contributed by atoms with Crippen LogP contribution in [-0.4, -0.2) is 44.9 Å². The third kappa shape index (κ3) is 2.56. The first-order chi connectivity index (χ1) is 6.61. The van der Waals surface area contributed by atoms with Gasteiger partial charge in [0, 0.05) is 6.20 Å². The highest BCUT2D eigenvalue weighted by molar-refractivity contribution is 5.93. The zero-order chi connectivity index (χ0) is 10.6. The lowest BCUT2D eigenvalue weighted by molar-refractivity contribution is -0.146. The number of aromatic amines is 1. The Morgan fingerprint density at radius 2 is 2.36 bits per heavy atom. The topological polar surface area (TPSA) is 115 Å². The molecule has 0 spiro atoms. The summed E-state index contributed by atoms with van der Waals surface area (Å²) in [5.41, 5.74) is 0.280. The maximum Gasteiger partial charge on any atom is 0.334 e. The minimum absolute atomic E-state index is 0.280. The Labute approximate surface area is 78.7 Å². The second-order valence-electron chi connectivity index (χ2n) is 2.55. The normalized spacial score (nSPS) is 12.1. The molecule has 0 aliphatic heterocycles. The molecule has 7 nitrogen and oxygen atoms in total. The lowest BCUT2D eigenvalue weighted by atomic mass is 10.3. The standard InChI is InChI=1S/C7H9N3O4/c11-5(7(13)14)3-8-6(12)4-1-9-10-2-4/h1-2,5,11H,3H2,(H,8,12)(H,9,10)(H,13,14). The van der Waals surface area contributed by atoms with E-state index >= 15 is 0 Å². The Morgan fingerprint density at radius 3 is 2.86 bits per heavy atom. The molecule has 1 heterocycles. The molecule has 0 aromatic carbocycles. The molecular weight excluding hydrogens is 190 g/mol. The first-order valence-electron chi connectivity index (χ1n) is 3.79. The van der Waals surface area contributed by atoms with E-state index in [4.69, 9.17) is 10.2 Å². The summed E-state index contributed by atoms with van der Waals surface area (Å²) < 4.78 is 0. The van der Waals surface area contributed by atoms with E-state index in [9.17, 15) is 9.59 Å². The van der Waals surface area contributed by atoms with Gasteiger partial charge in [-0.25, -0.2) is 4.79 Å². The fraction of sp³-hybridized carbons (Fsp3) is 0.286. The van der Waals surface area contributed by atoms with Gasteiger partial charge in [0.1, 0.15) is 0 Å². The summed E-state index contributed by atoms with van der Waals surface area (Å²) >= 11 is 0. The van der Waals surface area contributed by atoms with Crippen LogP contribution >= 0.6 is 0 Å². The maximum atomic E-state index is 11.2. The number of nitrogens with zero attached hydrogens (tertiary/aromatic N) is 1. The number of aliphatic hydroxyl groups is 1. The molecule has 1 unspecified atom stereocenters. The summed E-state index contributed by atoms with van der Waals surface area (Å²) in [6.07, 6.45) is 1.07. The van der Waals surface area contributed by atoms with Crippen LogP contribution in [-0.2, 0) is 4.79 Å². The van der Waals surface area contributed by atoms with Gasteiger partial charge in [-0.3, -0.25) is 9.89 Å². The number of carboxylic acid groups (broad SMARTS) is 1. The van der Waals surface area contributed by atoms with Crippen molar-refractivity contribution in [3.8, 4) is 0 Å². The van der Waals surface area contributed by atoms with Gasteiger partial charge in [-0.2, -0.15) is 5.10 Å². The summed E-state index contributed by atoms with van der Waals surface area (Å²) in [7, 11) is 0. The van der Waals surface area contributed by atoms with Crippen molar-refractivity contribution in [2.45, 2.75) is 6.10 Å². The molecule has 0 saturated carbocycles. The predicted molar refractivity (Wildman–Crippen MR) is 44.6 cm³/mol. The first-order valence-corrected chi connectivity index (χ1v) is 3.79. The zero-order valence-corrected chi connectivity index (χ0v) is 7.10. The molecular formula is C7H9N3O4. The summed E-state index contributed by atoms with van der Waals surface area (Å²) in [6.45, 7) is -0.334. The van der Waals surface area contributed by atoms with Crippen LogP contribution in [0, 0.1) is 0 Å². The van der Waals surface area contributed by atoms with Crippen molar-refractivity contribution < 1.29 is 19.8 Å². The molecule has 0 saturated heterocycles. The number of carbonyl (C=O) groups excluding carboxylic acids is 1. The van der Waals surface area contributed by atoms with Crippen LogP contribution in [0.3, 0.4) is 0 Å². The van der Waals surface area contributed by atoms with Crippen molar-refractivity contribution in [2.24, 2.45) is 0 Å². The number of amides is 1. The molecule has 1 aromatic rings. The van der Waals surface area contributed by atoms with E-state index in [2.05, 4.69) is 15.5 Å². The van der Waals surface area contributed by atoms with Crippen molar-refractivity contribution in [1.82, 2.24) is 15.5 Å². The number of aromatic nitrogens is 2. The average Bonchev–Trinajstić information content (AvgIpc) is 2.66. The smallest absolute Gasteiger partial charge is 0.334 e. The Hall–Kier alpha value is -1.89. The van der Waals surface area contributed by atoms with E-state index in [0.29, 0.717) is 0 Å². The molecule has 1 rings (SSSR count). The van der Waals surface area contributed by atoms with Crippen LogP contribution in [0.1, 0.15) is 10.4 Å². The fourth-order valence-corrected chi connectivity index (χ4v) is 0.754. The fourth-order valence-electron chi connectivity index (χ4n) is 0.754. The SMILES string of the molecule is O=C(NCC(O)C(=O)O)c1cn[nH]c1. The van der Waals surface area contributed by atoms with Crippen LogP contribution in [0.2, 0.25) is 0 Å². The molecule has 4 N–H and O–H groups in total. The second-order valence-corrected chi connectivity index (χ2v) is 2.55. The molecule has 1 aromatic heterocycles. The minimum atomic E-state index is -1.59. The van der Waals surface area contributed by atoms with Gasteiger partial charge in [0.05, 0.1) is 18.3 Å². The number of hydrogen-bond donors (Lipinski definition) is 4. The van der Waals surface area contributed by atoms with Gasteiger partial charge in [0.25, 0.3) is 5.91 Å². The molecule has 14 heavy (non-hydrogen) atoms. The number of hydrogen-bond acceptors (Lipinski definition) is 4. The monoisotopic (exact) mass is 199 g/mol. The highest BCUT2D eigenvalue weighted by Crippen LogP contribution is 1.92. The molecule has 0 bridgehead atoms. The van der Waals surface area contributed by atoms with Crippen molar-refractivity contribution >= 4 is 11.9 Å². The Bertz CT molecular complexity index is 322. The summed E-state index contributed by atoms with van der Waals surface area (Å²) in [4.78, 5) is 21.3. The van der Waals surface area contributed by atoms with E-state index in [0.717, 1.165) is 0 Å². The molecule has 1 atom stereocenters. The third-order valence-corrected chi connectivity index (χ3v) is 1.50. The predicted octanol–water partition coefficient (Wildman–Crippen LogP) is -1.41. The molecule has 7 heteroatoms. The Morgan fingerprint density at radius 1 is 1.64 bits per heavy atom. The van der Waals surface area contributed by atoms with E-state index < -0.39 is 18.0 Å². The van der Waals surface area contributed by atoms with Gasteiger partial charge in [0.2, 0.25) is 0 Å². The third-order valence-electron chi connectivity index (χ3n) is 1.50. The van der Waals surface area contributed by atoms with Gasteiger partial charge in [0.15, 0.2) is 6.10 Å². The second kappa shape index (κ2) is 4.38. The van der Waals surface area contributed by atoms with E-state index in [1.165, 1.54) is 12.4 Å². The number of aliphatic hydroxyl groups excluding tert-OH is 1. The number of nitrogens with one attached hydrogen (secondary N) is 2. The van der Waals surface area contributed by atoms with Gasteiger partial charge in [-0.1, -0.05) is 0 Å². The number of carboxylic acids is 1. The van der Waals surface area contributed by atoms with Gasteiger partial charge < -0.3 is 15.5 Å². The maximum absolute atomic E-state index is 11.2. The average molecular weight is 199 g/mol. The molecule has 76 valence electrons. The Balaban J connectivity index is 2.40. The van der Waals surface area contributed by atoms with Crippen LogP contribution in [0.4, 0.5) is 0 Å². The van der Waals surface area contributed by atoms with Gasteiger partial charge in [-0.15, -0.1) is 0 Å². The largest absolute Gasteiger partial charge is 0.479 e. The highest BCUT2D eigenvalue weighted by Gasteiger charge is 2.14. The molecule has 0 radical (unpaired) electrons. The number of rotatable bonds is 4. The van der Waals surface area contributed by atoms with Crippen LogP contribution in [0.15, 0.2) is 12.4 Å². The molecule has 1 amide bonds. The number of H-pyrrole nitrogens is 1. The van der Waals surface area contributed by atoms with Gasteiger partial charge >= 0.3 is 5.97 Å². The lowest BCUT2D eigenvalue weighted by Crippen LogP contribution is -2.36. The van der Waals surface area contributed by atoms with E-state index in [-0.39, 0.29) is 12.1 Å². The van der Waals surface area contributed by atoms with E-state index in [1.807, 2.05) is 0 Å². The number of carbonyl (C=O) groups is 2. The molecule has 0 aliphatic carbocycles. The van der Waals surface area contributed by atoms with Crippen LogP contribution in [0.5, 0.6) is 0 Å². The summed E-state index contributed by atoms with van der Waals surface area (Å²) in [5.74, 6) is -1.86. The highest BCUT2D eigenvalue weighted by atomic mass is 16.4. The quantitative estimate of drug-likeness (QED) is 0.475. The van der Waals surface area contributed by atoms with Crippen molar-refractivity contribution in [3.63, 3.8) is 0 Å². The van der Waals surface area contributed by atoms with Crippen molar-refractivity contribution in [1.29, 1.82) is 0 Å². The van der Waals surface area contributed by atoms with Crippen molar-refractivity contribution in [3.05, 3.63) is 18.0 Å². The minimum Gasteiger partial charge on any atom is -0.479 e. The van der Waals surface area contributed by atoms with Crippen LogP contribution < -0.4 is 5.32 Å². The van der Waals surface area contributed by atoms with E-state index in [1.54, 1.807) is 0 Å². The lowest BCUT2D eigenvalue weighted by Gasteiger charge is -2.05. The molecule has 0 aliphatic rings. The Kier molecular flexibility index (Phi) is 3.19. The first kappa shape index (κ1) is 10.2. The van der Waals surface area contributed by atoms with Crippen molar-refractivity contribution in [2.75, 3.05) is 6.54 Å². The number of aliphatic carboxylic acids is 1. The summed E-state index contributed by atoms with van der Waals surface area (Å²) in [6, 6.07) is 0. The summed E-state index contributed by atoms with van der Waals surface area (Å²) in [5, 5.41) is 25.3. The van der Waals surface area contributed by atoms with Crippen LogP contribution in [0.25, 0.3) is 0 Å². The molecule has 0 fully saturated rings. The zero-order valence-electron chi connectivity index (χ0n) is 7.10. The van der Waals surface area contributed by atoms with Gasteiger partial charge in [-0.05, 0) is 0 Å².